The van der Waals surface area contributed by atoms with E-state index in [1.807, 2.05) is 0 Å². The van der Waals surface area contributed by atoms with Crippen molar-refractivity contribution < 1.29 is 28.5 Å². The molecule has 2 N–H and O–H groups in total. The largest absolute Gasteiger partial charge is 0.497 e. The molecule has 0 saturated carbocycles. The lowest BCUT2D eigenvalue weighted by molar-refractivity contribution is -0.123. The second kappa shape index (κ2) is 9.33. The monoisotopic (exact) mass is 374 g/mol. The van der Waals surface area contributed by atoms with Gasteiger partial charge in [-0.1, -0.05) is 0 Å². The lowest BCUT2D eigenvalue weighted by Gasteiger charge is -2.12. The first-order chi connectivity index (χ1) is 13.0. The van der Waals surface area contributed by atoms with E-state index in [2.05, 4.69) is 10.6 Å². The van der Waals surface area contributed by atoms with Crippen molar-refractivity contribution >= 4 is 23.2 Å². The second-order valence-electron chi connectivity index (χ2n) is 5.41. The van der Waals surface area contributed by atoms with Crippen LogP contribution in [0.25, 0.3) is 0 Å². The van der Waals surface area contributed by atoms with E-state index >= 15 is 0 Å². The Morgan fingerprint density at radius 2 is 1.41 bits per heavy atom. The number of hydrogen-bond acceptors (Lipinski definition) is 6. The van der Waals surface area contributed by atoms with Crippen LogP contribution in [0.1, 0.15) is 6.42 Å². The third-order valence-corrected chi connectivity index (χ3v) is 3.67. The molecule has 0 saturated heterocycles. The van der Waals surface area contributed by atoms with Crippen molar-refractivity contribution in [2.75, 3.05) is 39.1 Å². The number of anilines is 2. The highest BCUT2D eigenvalue weighted by atomic mass is 16.5. The van der Waals surface area contributed by atoms with Crippen LogP contribution in [0.15, 0.2) is 36.4 Å². The van der Waals surface area contributed by atoms with Gasteiger partial charge in [0, 0.05) is 17.8 Å². The van der Waals surface area contributed by atoms with Gasteiger partial charge < -0.3 is 29.6 Å². The molecule has 2 amide bonds. The van der Waals surface area contributed by atoms with Gasteiger partial charge in [0.1, 0.15) is 17.9 Å². The molecule has 2 aromatic rings. The maximum Gasteiger partial charge on any atom is 0.233 e. The minimum atomic E-state index is -0.476. The van der Waals surface area contributed by atoms with Crippen LogP contribution in [0.5, 0.6) is 23.0 Å². The third-order valence-electron chi connectivity index (χ3n) is 3.67. The first kappa shape index (κ1) is 19.9. The van der Waals surface area contributed by atoms with E-state index < -0.39 is 11.8 Å². The van der Waals surface area contributed by atoms with Crippen molar-refractivity contribution in [3.63, 3.8) is 0 Å². The molecule has 0 atom stereocenters. The van der Waals surface area contributed by atoms with E-state index in [0.29, 0.717) is 34.4 Å². The Morgan fingerprint density at radius 1 is 0.741 bits per heavy atom. The highest BCUT2D eigenvalue weighted by Gasteiger charge is 2.14. The Labute approximate surface area is 157 Å². The number of methoxy groups -OCH3 is 4. The van der Waals surface area contributed by atoms with Gasteiger partial charge in [-0.25, -0.2) is 0 Å². The summed E-state index contributed by atoms with van der Waals surface area (Å²) in [5, 5.41) is 5.29. The van der Waals surface area contributed by atoms with Crippen molar-refractivity contribution in [2.45, 2.75) is 6.42 Å². The van der Waals surface area contributed by atoms with Crippen LogP contribution in [0.3, 0.4) is 0 Å². The predicted octanol–water partition coefficient (Wildman–Crippen LogP) is 2.69. The standard InChI is InChI=1S/C19H22N2O6/c1-24-13-6-7-14(16(10-13)26-3)21-19(23)11-18(22)20-12-5-8-15(25-2)17(9-12)27-4/h5-10H,11H2,1-4H3,(H,20,22)(H,21,23). The molecule has 0 bridgehead atoms. The molecule has 0 unspecified atom stereocenters. The van der Waals surface area contributed by atoms with Crippen LogP contribution in [0.2, 0.25) is 0 Å². The topological polar surface area (TPSA) is 95.1 Å². The molecule has 8 heteroatoms. The molecule has 0 fully saturated rings. The summed E-state index contributed by atoms with van der Waals surface area (Å²) in [7, 11) is 6.03. The summed E-state index contributed by atoms with van der Waals surface area (Å²) < 4.78 is 20.6. The van der Waals surface area contributed by atoms with Gasteiger partial charge in [-0.05, 0) is 24.3 Å². The summed E-state index contributed by atoms with van der Waals surface area (Å²) in [6, 6.07) is 9.89. The Kier molecular flexibility index (Phi) is 6.87. The Hall–Kier alpha value is -3.42. The minimum absolute atomic E-state index is 0.358. The molecule has 27 heavy (non-hydrogen) atoms. The molecule has 0 aliphatic carbocycles. The van der Waals surface area contributed by atoms with Crippen LogP contribution in [-0.2, 0) is 9.59 Å². The minimum Gasteiger partial charge on any atom is -0.497 e. The first-order valence-electron chi connectivity index (χ1n) is 8.04. The summed E-state index contributed by atoms with van der Waals surface area (Å²) in [6.07, 6.45) is -0.358. The lowest BCUT2D eigenvalue weighted by atomic mass is 10.2. The van der Waals surface area contributed by atoms with Gasteiger partial charge in [0.15, 0.2) is 11.5 Å². The fourth-order valence-electron chi connectivity index (χ4n) is 2.36. The average molecular weight is 374 g/mol. The Morgan fingerprint density at radius 3 is 2.04 bits per heavy atom. The molecule has 0 spiro atoms. The van der Waals surface area contributed by atoms with Crippen molar-refractivity contribution in [3.05, 3.63) is 36.4 Å². The smallest absolute Gasteiger partial charge is 0.233 e. The van der Waals surface area contributed by atoms with Gasteiger partial charge in [0.25, 0.3) is 0 Å². The van der Waals surface area contributed by atoms with E-state index in [-0.39, 0.29) is 6.42 Å². The number of amides is 2. The van der Waals surface area contributed by atoms with Crippen LogP contribution in [0.4, 0.5) is 11.4 Å². The quantitative estimate of drug-likeness (QED) is 0.690. The SMILES string of the molecule is COc1ccc(NC(=O)CC(=O)Nc2ccc(OC)c(OC)c2)c(OC)c1. The van der Waals surface area contributed by atoms with Crippen molar-refractivity contribution in [1.29, 1.82) is 0 Å². The summed E-state index contributed by atoms with van der Waals surface area (Å²) in [5.74, 6) is 1.10. The van der Waals surface area contributed by atoms with Crippen LogP contribution in [-0.4, -0.2) is 40.3 Å². The Balaban J connectivity index is 1.99. The molecule has 2 rings (SSSR count). The number of rotatable bonds is 8. The molecule has 0 heterocycles. The molecule has 0 aromatic heterocycles. The van der Waals surface area contributed by atoms with Crippen molar-refractivity contribution in [2.24, 2.45) is 0 Å². The van der Waals surface area contributed by atoms with E-state index in [4.69, 9.17) is 18.9 Å². The van der Waals surface area contributed by atoms with E-state index in [0.717, 1.165) is 0 Å². The van der Waals surface area contributed by atoms with Gasteiger partial charge in [0.2, 0.25) is 11.8 Å². The number of benzene rings is 2. The third kappa shape index (κ3) is 5.27. The van der Waals surface area contributed by atoms with Crippen LogP contribution < -0.4 is 29.6 Å². The predicted molar refractivity (Wildman–Crippen MR) is 101 cm³/mol. The maximum atomic E-state index is 12.2. The zero-order valence-electron chi connectivity index (χ0n) is 15.6. The number of nitrogens with one attached hydrogen (secondary N) is 2. The van der Waals surface area contributed by atoms with Crippen molar-refractivity contribution in [3.8, 4) is 23.0 Å². The Bertz CT molecular complexity index is 822. The van der Waals surface area contributed by atoms with Gasteiger partial charge in [-0.2, -0.15) is 0 Å². The number of carbonyl (C=O) groups is 2. The lowest BCUT2D eigenvalue weighted by Crippen LogP contribution is -2.21. The van der Waals surface area contributed by atoms with Gasteiger partial charge >= 0.3 is 0 Å². The van der Waals surface area contributed by atoms with Crippen molar-refractivity contribution in [1.82, 2.24) is 0 Å². The second-order valence-corrected chi connectivity index (χ2v) is 5.41. The number of ether oxygens (including phenoxy) is 4. The van der Waals surface area contributed by atoms with Gasteiger partial charge in [0.05, 0.1) is 34.1 Å². The average Bonchev–Trinajstić information content (AvgIpc) is 2.67. The summed E-state index contributed by atoms with van der Waals surface area (Å²) >= 11 is 0. The van der Waals surface area contributed by atoms with Crippen LogP contribution >= 0.6 is 0 Å². The fraction of sp³-hybridized carbons (Fsp3) is 0.263. The molecule has 8 nitrogen and oxygen atoms in total. The van der Waals surface area contributed by atoms with E-state index in [1.165, 1.54) is 28.4 Å². The number of carbonyl (C=O) groups excluding carboxylic acids is 2. The molecule has 144 valence electrons. The summed E-state index contributed by atoms with van der Waals surface area (Å²) in [6.45, 7) is 0. The normalized spacial score (nSPS) is 9.93. The first-order valence-corrected chi connectivity index (χ1v) is 8.04. The zero-order chi connectivity index (χ0) is 19.8. The molecular formula is C19H22N2O6. The molecular weight excluding hydrogens is 352 g/mol. The van der Waals surface area contributed by atoms with Gasteiger partial charge in [-0.3, -0.25) is 9.59 Å². The molecule has 0 aliphatic heterocycles. The maximum absolute atomic E-state index is 12.2. The summed E-state index contributed by atoms with van der Waals surface area (Å²) in [4.78, 5) is 24.3. The molecule has 0 radical (unpaired) electrons. The molecule has 0 aliphatic rings. The highest BCUT2D eigenvalue weighted by molar-refractivity contribution is 6.08. The molecule has 2 aromatic carbocycles. The van der Waals surface area contributed by atoms with Gasteiger partial charge in [-0.15, -0.1) is 0 Å². The highest BCUT2D eigenvalue weighted by Crippen LogP contribution is 2.30. The van der Waals surface area contributed by atoms with E-state index in [9.17, 15) is 9.59 Å². The summed E-state index contributed by atoms with van der Waals surface area (Å²) in [5.41, 5.74) is 0.940. The number of hydrogen-bond donors (Lipinski definition) is 2. The zero-order valence-corrected chi connectivity index (χ0v) is 15.6. The van der Waals surface area contributed by atoms with E-state index in [1.54, 1.807) is 36.4 Å². The fourth-order valence-corrected chi connectivity index (χ4v) is 2.36. The van der Waals surface area contributed by atoms with Crippen LogP contribution in [0, 0.1) is 0 Å².